The van der Waals surface area contributed by atoms with E-state index in [0.29, 0.717) is 6.42 Å². The van der Waals surface area contributed by atoms with Crippen LogP contribution in [0.15, 0.2) is 30.3 Å². The van der Waals surface area contributed by atoms with Gasteiger partial charge in [0.2, 0.25) is 24.1 Å². The van der Waals surface area contributed by atoms with Crippen LogP contribution in [0.2, 0.25) is 0 Å². The fourth-order valence-electron chi connectivity index (χ4n) is 3.16. The van der Waals surface area contributed by atoms with E-state index in [1.807, 2.05) is 28.8 Å². The first-order chi connectivity index (χ1) is 16.9. The van der Waals surface area contributed by atoms with Crippen LogP contribution in [0.25, 0.3) is 0 Å². The number of hydrogen-bond acceptors (Lipinski definition) is 7. The Bertz CT molecular complexity index is 969. The molecular formula is C22H28N4O10. The molecule has 196 valence electrons. The van der Waals surface area contributed by atoms with E-state index in [2.05, 4.69) is 10.6 Å². The highest BCUT2D eigenvalue weighted by Gasteiger charge is 2.32. The zero-order valence-corrected chi connectivity index (χ0v) is 19.3. The normalized spacial score (nSPS) is 13.7. The van der Waals surface area contributed by atoms with Crippen LogP contribution in [0, 0.1) is 0 Å². The minimum absolute atomic E-state index is 0.0588. The second-order valence-electron chi connectivity index (χ2n) is 7.85. The predicted octanol–water partition coefficient (Wildman–Crippen LogP) is -1.76. The van der Waals surface area contributed by atoms with Crippen LogP contribution < -0.4 is 21.3 Å². The summed E-state index contributed by atoms with van der Waals surface area (Å²) in [5.74, 6) is -7.61. The van der Waals surface area contributed by atoms with Crippen LogP contribution in [0.3, 0.4) is 0 Å². The number of carboxylic acids is 3. The summed E-state index contributed by atoms with van der Waals surface area (Å²) in [5, 5.41) is 35.8. The van der Waals surface area contributed by atoms with Gasteiger partial charge in [0.15, 0.2) is 0 Å². The summed E-state index contributed by atoms with van der Waals surface area (Å²) in [5.41, 5.74) is 0.896. The molecule has 0 aliphatic heterocycles. The van der Waals surface area contributed by atoms with E-state index in [1.165, 1.54) is 0 Å². The number of aliphatic carboxylic acids is 3. The number of carbonyl (C=O) groups excluding carboxylic acids is 4. The lowest BCUT2D eigenvalue weighted by Crippen LogP contribution is -2.57. The number of rotatable bonds is 16. The molecule has 0 heterocycles. The van der Waals surface area contributed by atoms with E-state index >= 15 is 0 Å². The first-order valence-electron chi connectivity index (χ1n) is 10.7. The number of carboxylic acid groups (broad SMARTS) is 3. The Kier molecular flexibility index (Phi) is 12.1. The first kappa shape index (κ1) is 29.5. The molecule has 14 heteroatoms. The SMILES string of the molecule is CC(Cc1ccccc1)NC(=O)C(CC(=O)O)NC(=O)C(CC(=O)O)NC(=O)C(CC(=O)O)NC=O. The van der Waals surface area contributed by atoms with Gasteiger partial charge < -0.3 is 36.6 Å². The van der Waals surface area contributed by atoms with Gasteiger partial charge in [-0.3, -0.25) is 33.6 Å². The van der Waals surface area contributed by atoms with Crippen LogP contribution in [-0.2, 0) is 40.0 Å². The van der Waals surface area contributed by atoms with E-state index in [1.54, 1.807) is 19.1 Å². The third kappa shape index (κ3) is 11.1. The minimum atomic E-state index is -1.80. The highest BCUT2D eigenvalue weighted by atomic mass is 16.4. The van der Waals surface area contributed by atoms with Crippen molar-refractivity contribution in [1.82, 2.24) is 21.3 Å². The Labute approximate surface area is 205 Å². The number of amides is 4. The average Bonchev–Trinajstić information content (AvgIpc) is 2.77. The van der Waals surface area contributed by atoms with Crippen molar-refractivity contribution in [2.45, 2.75) is 56.8 Å². The van der Waals surface area contributed by atoms with Gasteiger partial charge in [0.25, 0.3) is 0 Å². The van der Waals surface area contributed by atoms with Crippen molar-refractivity contribution >= 4 is 42.0 Å². The maximum atomic E-state index is 12.7. The predicted molar refractivity (Wildman–Crippen MR) is 121 cm³/mol. The minimum Gasteiger partial charge on any atom is -0.481 e. The topological polar surface area (TPSA) is 228 Å². The van der Waals surface area contributed by atoms with Crippen molar-refractivity contribution in [2.24, 2.45) is 0 Å². The molecule has 0 bridgehead atoms. The van der Waals surface area contributed by atoms with Crippen molar-refractivity contribution in [2.75, 3.05) is 0 Å². The molecule has 1 aromatic carbocycles. The molecule has 0 saturated heterocycles. The summed E-state index contributed by atoms with van der Waals surface area (Å²) >= 11 is 0. The van der Waals surface area contributed by atoms with Crippen molar-refractivity contribution in [3.63, 3.8) is 0 Å². The number of carbonyl (C=O) groups is 7. The Balaban J connectivity index is 2.96. The molecule has 36 heavy (non-hydrogen) atoms. The Hall–Kier alpha value is -4.49. The van der Waals surface area contributed by atoms with Gasteiger partial charge in [-0.05, 0) is 18.9 Å². The maximum absolute atomic E-state index is 12.7. The van der Waals surface area contributed by atoms with E-state index in [0.717, 1.165) is 5.56 Å². The van der Waals surface area contributed by atoms with Crippen LogP contribution in [0.1, 0.15) is 31.7 Å². The molecule has 14 nitrogen and oxygen atoms in total. The van der Waals surface area contributed by atoms with Crippen molar-refractivity contribution in [3.8, 4) is 0 Å². The Morgan fingerprint density at radius 3 is 1.58 bits per heavy atom. The van der Waals surface area contributed by atoms with Gasteiger partial charge in [-0.1, -0.05) is 30.3 Å². The van der Waals surface area contributed by atoms with Crippen LogP contribution in [0.5, 0.6) is 0 Å². The fraction of sp³-hybridized carbons (Fsp3) is 0.409. The van der Waals surface area contributed by atoms with Gasteiger partial charge in [-0.15, -0.1) is 0 Å². The third-order valence-electron chi connectivity index (χ3n) is 4.76. The molecule has 4 atom stereocenters. The first-order valence-corrected chi connectivity index (χ1v) is 10.7. The van der Waals surface area contributed by atoms with Gasteiger partial charge in [-0.25, -0.2) is 0 Å². The van der Waals surface area contributed by atoms with Crippen molar-refractivity contribution in [3.05, 3.63) is 35.9 Å². The summed E-state index contributed by atoms with van der Waals surface area (Å²) in [7, 11) is 0. The zero-order chi connectivity index (χ0) is 27.3. The quantitative estimate of drug-likeness (QED) is 0.124. The highest BCUT2D eigenvalue weighted by Crippen LogP contribution is 2.05. The summed E-state index contributed by atoms with van der Waals surface area (Å²) in [4.78, 5) is 81.8. The molecular weight excluding hydrogens is 480 g/mol. The second kappa shape index (κ2) is 14.7. The molecule has 1 rings (SSSR count). The average molecular weight is 508 g/mol. The molecule has 0 saturated carbocycles. The molecule has 4 amide bonds. The van der Waals surface area contributed by atoms with E-state index in [4.69, 9.17) is 15.3 Å². The van der Waals surface area contributed by atoms with Crippen LogP contribution in [0.4, 0.5) is 0 Å². The van der Waals surface area contributed by atoms with Gasteiger partial charge in [-0.2, -0.15) is 0 Å². The smallest absolute Gasteiger partial charge is 0.305 e. The largest absolute Gasteiger partial charge is 0.481 e. The molecule has 7 N–H and O–H groups in total. The highest BCUT2D eigenvalue weighted by molar-refractivity contribution is 5.97. The van der Waals surface area contributed by atoms with E-state index < -0.39 is 79.1 Å². The molecule has 0 radical (unpaired) electrons. The molecule has 0 aliphatic carbocycles. The maximum Gasteiger partial charge on any atom is 0.305 e. The van der Waals surface area contributed by atoms with Crippen LogP contribution >= 0.6 is 0 Å². The van der Waals surface area contributed by atoms with Gasteiger partial charge in [0.1, 0.15) is 18.1 Å². The molecule has 0 aromatic heterocycles. The molecule has 0 fully saturated rings. The molecule has 1 aromatic rings. The summed E-state index contributed by atoms with van der Waals surface area (Å²) in [6.45, 7) is 1.67. The van der Waals surface area contributed by atoms with Gasteiger partial charge in [0.05, 0.1) is 19.3 Å². The fourth-order valence-corrected chi connectivity index (χ4v) is 3.16. The van der Waals surface area contributed by atoms with Crippen molar-refractivity contribution in [1.29, 1.82) is 0 Å². The van der Waals surface area contributed by atoms with Crippen LogP contribution in [-0.4, -0.2) is 81.5 Å². The lowest BCUT2D eigenvalue weighted by atomic mass is 10.1. The monoisotopic (exact) mass is 508 g/mol. The standard InChI is InChI=1S/C22H28N4O10/c1-12(7-13-5-3-2-4-6-13)24-21(35)15(9-18(30)31)26-22(36)16(10-19(32)33)25-20(34)14(23-11-27)8-17(28)29/h2-6,11-12,14-16H,7-10H2,1H3,(H,23,27)(H,24,35)(H,25,34)(H,26,36)(H,28,29)(H,30,31)(H,32,33). The van der Waals surface area contributed by atoms with Gasteiger partial charge in [0, 0.05) is 6.04 Å². The second-order valence-corrected chi connectivity index (χ2v) is 7.85. The van der Waals surface area contributed by atoms with E-state index in [-0.39, 0.29) is 6.41 Å². The third-order valence-corrected chi connectivity index (χ3v) is 4.76. The van der Waals surface area contributed by atoms with Crippen molar-refractivity contribution < 1.29 is 48.9 Å². The summed E-state index contributed by atoms with van der Waals surface area (Å²) in [6.07, 6.45) is -2.19. The lowest BCUT2D eigenvalue weighted by Gasteiger charge is -2.24. The van der Waals surface area contributed by atoms with Gasteiger partial charge >= 0.3 is 17.9 Å². The Morgan fingerprint density at radius 1 is 0.722 bits per heavy atom. The number of nitrogens with one attached hydrogen (secondary N) is 4. The summed E-state index contributed by atoms with van der Waals surface area (Å²) in [6, 6.07) is 3.62. The Morgan fingerprint density at radius 2 is 1.14 bits per heavy atom. The van der Waals surface area contributed by atoms with E-state index in [9.17, 15) is 33.6 Å². The molecule has 4 unspecified atom stereocenters. The number of hydrogen-bond donors (Lipinski definition) is 7. The summed E-state index contributed by atoms with van der Waals surface area (Å²) < 4.78 is 0. The molecule has 0 aliphatic rings. The lowest BCUT2D eigenvalue weighted by molar-refractivity contribution is -0.144. The molecule has 0 spiro atoms. The number of benzene rings is 1. The zero-order valence-electron chi connectivity index (χ0n) is 19.3.